The van der Waals surface area contributed by atoms with E-state index in [2.05, 4.69) is 6.58 Å². The third kappa shape index (κ3) is 4.80. The normalized spacial score (nSPS) is 20.7. The number of urea groups is 1. The van der Waals surface area contributed by atoms with E-state index in [1.165, 1.54) is 18.2 Å². The Labute approximate surface area is 173 Å². The van der Waals surface area contributed by atoms with Crippen molar-refractivity contribution in [1.29, 1.82) is 0 Å². The van der Waals surface area contributed by atoms with Crippen LogP contribution in [0.4, 0.5) is 9.59 Å². The number of nitrogens with zero attached hydrogens (tertiary/aromatic N) is 2. The number of hydrogen-bond acceptors (Lipinski definition) is 5. The van der Waals surface area contributed by atoms with Crippen LogP contribution in [-0.4, -0.2) is 47.4 Å². The van der Waals surface area contributed by atoms with Crippen molar-refractivity contribution in [3.63, 3.8) is 0 Å². The van der Waals surface area contributed by atoms with E-state index in [-0.39, 0.29) is 17.2 Å². The van der Waals surface area contributed by atoms with Crippen molar-refractivity contribution in [3.05, 3.63) is 42.5 Å². The molecule has 0 N–H and O–H groups in total. The Bertz CT molecular complexity index is 885. The van der Waals surface area contributed by atoms with Gasteiger partial charge in [0.05, 0.1) is 10.9 Å². The van der Waals surface area contributed by atoms with Gasteiger partial charge in [-0.15, -0.1) is 6.58 Å². The molecule has 7 nitrogen and oxygen atoms in total. The maximum atomic E-state index is 13.3. The standard InChI is InChI=1S/C21H30N2O5S/c1-8-16-13-18(14(2)3)22(20(25)28-21(5,6)7)19(24)23(16)29(26,27)17-11-9-15(4)10-12-17/h8-12,14,16,18H,1,13H2,2-7H3. The Morgan fingerprint density at radius 1 is 1.24 bits per heavy atom. The summed E-state index contributed by atoms with van der Waals surface area (Å²) < 4.78 is 32.7. The second-order valence-electron chi connectivity index (χ2n) is 8.60. The van der Waals surface area contributed by atoms with Crippen molar-refractivity contribution >= 4 is 22.1 Å². The number of ether oxygens (including phenoxy) is 1. The number of carbonyl (C=O) groups excluding carboxylic acids is 2. The summed E-state index contributed by atoms with van der Waals surface area (Å²) in [5.41, 5.74) is 0.0684. The summed E-state index contributed by atoms with van der Waals surface area (Å²) in [7, 11) is -4.19. The Balaban J connectivity index is 2.54. The minimum absolute atomic E-state index is 0.0181. The summed E-state index contributed by atoms with van der Waals surface area (Å²) in [6.07, 6.45) is 0.829. The molecule has 0 aliphatic carbocycles. The van der Waals surface area contributed by atoms with Crippen LogP contribution in [0.2, 0.25) is 0 Å². The van der Waals surface area contributed by atoms with Crippen LogP contribution in [0.3, 0.4) is 0 Å². The number of hydrogen-bond donors (Lipinski definition) is 0. The summed E-state index contributed by atoms with van der Waals surface area (Å²) in [5, 5.41) is 0. The molecule has 1 heterocycles. The fourth-order valence-electron chi connectivity index (χ4n) is 3.23. The van der Waals surface area contributed by atoms with Gasteiger partial charge in [-0.05, 0) is 52.2 Å². The van der Waals surface area contributed by atoms with E-state index >= 15 is 0 Å². The SMILES string of the molecule is C=CC1CC(C(C)C)N(C(=O)OC(C)(C)C)C(=O)N1S(=O)(=O)c1ccc(C)cc1. The average Bonchev–Trinajstić information content (AvgIpc) is 2.59. The maximum absolute atomic E-state index is 13.3. The molecule has 0 bridgehead atoms. The zero-order valence-corrected chi connectivity index (χ0v) is 18.7. The van der Waals surface area contributed by atoms with Gasteiger partial charge in [0.15, 0.2) is 0 Å². The molecule has 1 aliphatic rings. The first-order valence-corrected chi connectivity index (χ1v) is 11.0. The van der Waals surface area contributed by atoms with Crippen LogP contribution in [0, 0.1) is 12.8 Å². The second-order valence-corrected chi connectivity index (χ2v) is 10.4. The first kappa shape index (κ1) is 22.9. The van der Waals surface area contributed by atoms with Gasteiger partial charge in [0.1, 0.15) is 5.60 Å². The van der Waals surface area contributed by atoms with E-state index in [4.69, 9.17) is 4.74 Å². The largest absolute Gasteiger partial charge is 0.443 e. The third-order valence-electron chi connectivity index (χ3n) is 4.72. The van der Waals surface area contributed by atoms with Gasteiger partial charge in [-0.2, -0.15) is 0 Å². The molecule has 2 unspecified atom stereocenters. The highest BCUT2D eigenvalue weighted by Crippen LogP contribution is 2.33. The van der Waals surface area contributed by atoms with Crippen molar-refractivity contribution in [2.45, 2.75) is 70.5 Å². The van der Waals surface area contributed by atoms with Gasteiger partial charge in [-0.25, -0.2) is 27.2 Å². The van der Waals surface area contributed by atoms with Crippen molar-refractivity contribution in [3.8, 4) is 0 Å². The molecular formula is C21H30N2O5S. The molecule has 0 saturated carbocycles. The predicted molar refractivity (Wildman–Crippen MR) is 111 cm³/mol. The fourth-order valence-corrected chi connectivity index (χ4v) is 4.76. The van der Waals surface area contributed by atoms with Gasteiger partial charge in [-0.3, -0.25) is 0 Å². The van der Waals surface area contributed by atoms with Crippen molar-refractivity contribution in [2.75, 3.05) is 0 Å². The molecule has 160 valence electrons. The van der Waals surface area contributed by atoms with Crippen LogP contribution in [0.1, 0.15) is 46.6 Å². The Kier molecular flexibility index (Phi) is 6.47. The number of carbonyl (C=O) groups is 2. The molecular weight excluding hydrogens is 392 g/mol. The number of rotatable bonds is 4. The van der Waals surface area contributed by atoms with E-state index in [9.17, 15) is 18.0 Å². The highest BCUT2D eigenvalue weighted by molar-refractivity contribution is 7.89. The minimum atomic E-state index is -4.19. The Morgan fingerprint density at radius 2 is 1.79 bits per heavy atom. The van der Waals surface area contributed by atoms with Crippen LogP contribution >= 0.6 is 0 Å². The third-order valence-corrected chi connectivity index (χ3v) is 6.53. The molecule has 0 aromatic heterocycles. The zero-order valence-electron chi connectivity index (χ0n) is 17.9. The number of benzene rings is 1. The van der Waals surface area contributed by atoms with E-state index in [1.54, 1.807) is 32.9 Å². The van der Waals surface area contributed by atoms with E-state index < -0.39 is 39.8 Å². The molecule has 2 atom stereocenters. The van der Waals surface area contributed by atoms with Crippen molar-refractivity contribution in [1.82, 2.24) is 9.21 Å². The lowest BCUT2D eigenvalue weighted by atomic mass is 9.93. The Morgan fingerprint density at radius 3 is 2.24 bits per heavy atom. The highest BCUT2D eigenvalue weighted by Gasteiger charge is 2.49. The molecule has 0 radical (unpaired) electrons. The molecule has 1 saturated heterocycles. The van der Waals surface area contributed by atoms with Gasteiger partial charge in [0, 0.05) is 6.04 Å². The molecule has 29 heavy (non-hydrogen) atoms. The second kappa shape index (κ2) is 8.18. The first-order valence-electron chi connectivity index (χ1n) is 9.59. The molecule has 2 rings (SSSR count). The summed E-state index contributed by atoms with van der Waals surface area (Å²) in [4.78, 5) is 27.1. The lowest BCUT2D eigenvalue weighted by Gasteiger charge is -2.44. The molecule has 3 amide bonds. The lowest BCUT2D eigenvalue weighted by Crippen LogP contribution is -2.63. The van der Waals surface area contributed by atoms with E-state index in [0.717, 1.165) is 14.8 Å². The van der Waals surface area contributed by atoms with Gasteiger partial charge in [0.25, 0.3) is 10.0 Å². The number of sulfonamides is 1. The first-order chi connectivity index (χ1) is 13.3. The van der Waals surface area contributed by atoms with Gasteiger partial charge in [-0.1, -0.05) is 37.6 Å². The summed E-state index contributed by atoms with van der Waals surface area (Å²) in [5.74, 6) is -0.0850. The topological polar surface area (TPSA) is 84.0 Å². The summed E-state index contributed by atoms with van der Waals surface area (Å²) >= 11 is 0. The zero-order chi connectivity index (χ0) is 22.1. The monoisotopic (exact) mass is 422 g/mol. The van der Waals surface area contributed by atoms with Crippen LogP contribution in [0.25, 0.3) is 0 Å². The number of imide groups is 1. The van der Waals surface area contributed by atoms with E-state index in [1.807, 2.05) is 20.8 Å². The van der Waals surface area contributed by atoms with E-state index in [0.29, 0.717) is 0 Å². The van der Waals surface area contributed by atoms with Crippen LogP contribution in [0.15, 0.2) is 41.8 Å². The van der Waals surface area contributed by atoms with Crippen molar-refractivity contribution in [2.24, 2.45) is 5.92 Å². The smallest absolute Gasteiger partial charge is 0.418 e. The molecule has 1 fully saturated rings. The van der Waals surface area contributed by atoms with Crippen LogP contribution in [-0.2, 0) is 14.8 Å². The minimum Gasteiger partial charge on any atom is -0.443 e. The molecule has 1 aromatic carbocycles. The van der Waals surface area contributed by atoms with Gasteiger partial charge >= 0.3 is 12.1 Å². The van der Waals surface area contributed by atoms with Gasteiger partial charge < -0.3 is 4.74 Å². The van der Waals surface area contributed by atoms with Crippen LogP contribution in [0.5, 0.6) is 0 Å². The van der Waals surface area contributed by atoms with Gasteiger partial charge in [0.2, 0.25) is 0 Å². The molecule has 1 aliphatic heterocycles. The predicted octanol–water partition coefficient (Wildman–Crippen LogP) is 4.33. The Hall–Kier alpha value is -2.35. The summed E-state index contributed by atoms with van der Waals surface area (Å²) in [6, 6.07) is 4.02. The fraction of sp³-hybridized carbons (Fsp3) is 0.524. The molecule has 8 heteroatoms. The molecule has 0 spiro atoms. The summed E-state index contributed by atoms with van der Waals surface area (Å²) in [6.45, 7) is 14.4. The maximum Gasteiger partial charge on any atom is 0.418 e. The average molecular weight is 423 g/mol. The quantitative estimate of drug-likeness (QED) is 0.675. The number of aryl methyl sites for hydroxylation is 1. The van der Waals surface area contributed by atoms with Crippen molar-refractivity contribution < 1.29 is 22.7 Å². The molecule has 1 aromatic rings. The number of amides is 3. The lowest BCUT2D eigenvalue weighted by molar-refractivity contribution is 0.0102. The van der Waals surface area contributed by atoms with Crippen LogP contribution < -0.4 is 0 Å². The highest BCUT2D eigenvalue weighted by atomic mass is 32.2.